The molecule has 0 unspecified atom stereocenters. The van der Waals surface area contributed by atoms with Crippen molar-refractivity contribution in [3.63, 3.8) is 0 Å². The summed E-state index contributed by atoms with van der Waals surface area (Å²) in [5.74, 6) is -4.39. The third kappa shape index (κ3) is 15.5. The van der Waals surface area contributed by atoms with Crippen molar-refractivity contribution in [2.24, 2.45) is 35.9 Å². The van der Waals surface area contributed by atoms with Gasteiger partial charge in [-0.2, -0.15) is 27.9 Å². The lowest BCUT2D eigenvalue weighted by Crippen LogP contribution is -2.78. The van der Waals surface area contributed by atoms with Gasteiger partial charge in [-0.05, 0) is 102 Å². The highest BCUT2D eigenvalue weighted by Crippen LogP contribution is 2.37. The second-order valence-electron chi connectivity index (χ2n) is 22.9. The van der Waals surface area contributed by atoms with Crippen LogP contribution >= 0.6 is 22.7 Å². The third-order valence-corrected chi connectivity index (χ3v) is 17.4. The lowest BCUT2D eigenvalue weighted by atomic mass is 9.84. The first-order valence-electron chi connectivity index (χ1n) is 29.6. The van der Waals surface area contributed by atoms with Crippen molar-refractivity contribution in [2.75, 3.05) is 48.4 Å². The molecule has 2 aliphatic heterocycles. The first kappa shape index (κ1) is 69.1. The summed E-state index contributed by atoms with van der Waals surface area (Å²) in [5, 5.41) is 43.9. The molecule has 8 aromatic rings. The maximum absolute atomic E-state index is 14.0. The summed E-state index contributed by atoms with van der Waals surface area (Å²) in [7, 11) is -1.57. The van der Waals surface area contributed by atoms with E-state index in [0.717, 1.165) is 60.2 Å². The Morgan fingerprint density at radius 1 is 0.629 bits per heavy atom. The summed E-state index contributed by atoms with van der Waals surface area (Å²) < 4.78 is 56.6. The molecule has 8 heterocycles. The normalized spacial score (nSPS) is 16.7. The number of rotatable bonds is 32. The first-order valence-corrected chi connectivity index (χ1v) is 32.7. The average Bonchev–Trinajstić information content (AvgIpc) is 1.09. The van der Waals surface area contributed by atoms with Crippen LogP contribution in [-0.2, 0) is 84.6 Å². The van der Waals surface area contributed by atoms with Crippen LogP contribution in [0.5, 0.6) is 11.5 Å². The number of anilines is 6. The predicted molar refractivity (Wildman–Crippen MR) is 348 cm³/mol. The fourth-order valence-corrected chi connectivity index (χ4v) is 11.9. The molecule has 97 heavy (non-hydrogen) atoms. The van der Waals surface area contributed by atoms with Crippen LogP contribution in [0.3, 0.4) is 0 Å². The van der Waals surface area contributed by atoms with E-state index in [2.05, 4.69) is 51.5 Å². The number of pyridine rings is 2. The zero-order valence-electron chi connectivity index (χ0n) is 52.7. The topological polar surface area (TPSA) is 485 Å². The number of aryl methyl sites for hydroxylation is 2. The molecule has 512 valence electrons. The number of aliphatic carboxylic acids is 2. The summed E-state index contributed by atoms with van der Waals surface area (Å²) >= 11 is 1.80. The number of carbonyl (C=O) groups is 6. The van der Waals surface area contributed by atoms with Crippen molar-refractivity contribution in [1.82, 2.24) is 50.1 Å². The van der Waals surface area contributed by atoms with Crippen LogP contribution < -0.4 is 63.0 Å². The first-order chi connectivity index (χ1) is 46.1. The Labute approximate surface area is 559 Å². The molecule has 0 spiro atoms. The molecule has 14 N–H and O–H groups in total. The molecule has 39 heteroatoms. The summed E-state index contributed by atoms with van der Waals surface area (Å²) in [5.41, 5.74) is 19.3. The zero-order chi connectivity index (χ0) is 69.7. The number of ether oxygens (including phenoxy) is 2. The second-order valence-corrected chi connectivity index (χ2v) is 25.8. The number of oxime groups is 2. The summed E-state index contributed by atoms with van der Waals surface area (Å²) in [6, 6.07) is 17.7. The minimum absolute atomic E-state index is 0.0213. The maximum atomic E-state index is 14.0. The molecule has 2 saturated heterocycles. The molecule has 0 bridgehead atoms. The quantitative estimate of drug-likeness (QED) is 0.0121. The van der Waals surface area contributed by atoms with Crippen molar-refractivity contribution in [2.45, 2.75) is 89.0 Å². The van der Waals surface area contributed by atoms with Gasteiger partial charge in [0.25, 0.3) is 35.8 Å². The third-order valence-electron chi connectivity index (χ3n) is 15.4. The van der Waals surface area contributed by atoms with Gasteiger partial charge in [0.15, 0.2) is 21.7 Å². The van der Waals surface area contributed by atoms with E-state index >= 15 is 0 Å². The fourth-order valence-electron chi connectivity index (χ4n) is 9.91. The number of carbonyl (C=O) groups excluding carboxylic acids is 4. The van der Waals surface area contributed by atoms with Crippen LogP contribution in [0.1, 0.15) is 51.9 Å². The monoisotopic (exact) mass is 1400 g/mol. The summed E-state index contributed by atoms with van der Waals surface area (Å²) in [4.78, 5) is 108. The lowest BCUT2D eigenvalue weighted by Gasteiger charge is -2.52. The number of hydrogen-bond donors (Lipinski definition) is 10. The van der Waals surface area contributed by atoms with Crippen LogP contribution in [0, 0.1) is 0 Å². The van der Waals surface area contributed by atoms with Crippen LogP contribution in [-0.4, -0.2) is 167 Å². The van der Waals surface area contributed by atoms with Gasteiger partial charge in [-0.3, -0.25) is 19.2 Å². The molecule has 2 aromatic carbocycles. The molecule has 2 aliphatic rings. The Balaban J connectivity index is 0.730. The molecule has 0 saturated carbocycles. The largest absolute Gasteiger partial charge is 0.489 e. The van der Waals surface area contributed by atoms with Gasteiger partial charge in [0, 0.05) is 58.2 Å². The zero-order valence-corrected chi connectivity index (χ0v) is 55.2. The number of nitrogens with one attached hydrogen (secondary N) is 4. The number of amides is 4. The van der Waals surface area contributed by atoms with Crippen molar-refractivity contribution in [1.29, 1.82) is 0 Å². The minimum Gasteiger partial charge on any atom is -0.489 e. The molecular weight excluding hydrogens is 1330 g/mol. The van der Waals surface area contributed by atoms with E-state index in [9.17, 15) is 47.4 Å². The van der Waals surface area contributed by atoms with E-state index < -0.39 is 106 Å². The highest BCUT2D eigenvalue weighted by Gasteiger charge is 2.61. The molecule has 0 radical (unpaired) electrons. The molecule has 4 amide bonds. The van der Waals surface area contributed by atoms with E-state index in [1.54, 1.807) is 60.7 Å². The van der Waals surface area contributed by atoms with Crippen LogP contribution in [0.25, 0.3) is 21.8 Å². The van der Waals surface area contributed by atoms with Crippen molar-refractivity contribution < 1.29 is 84.5 Å². The highest BCUT2D eigenvalue weighted by molar-refractivity contribution is 7.81. The number of fused-ring (bicyclic) bond motifs is 2. The van der Waals surface area contributed by atoms with Gasteiger partial charge in [-0.1, -0.05) is 10.3 Å². The number of nitrogens with two attached hydrogens (primary N) is 4. The van der Waals surface area contributed by atoms with Gasteiger partial charge in [-0.25, -0.2) is 49.5 Å². The Morgan fingerprint density at radius 3 is 1.38 bits per heavy atom. The summed E-state index contributed by atoms with van der Waals surface area (Å²) in [6.07, 6.45) is 1.86. The Morgan fingerprint density at radius 2 is 1.03 bits per heavy atom. The van der Waals surface area contributed by atoms with Gasteiger partial charge in [0.2, 0.25) is 11.6 Å². The standard InChI is InChI=1S/C58H66N20O16S3/c1-57(2)47(69-49(79)45(37-29-95-55(61)65-37)71-91-39(53(83)84)27-89-33-11-13-35-31(25-33)9-15-41(63-35)67-43-17-23-75(73(43)5)21-7-19-59)51(81)77(57)93-97(87,88)94-78-52(82)48(58(78,3)4)70-50(80)46(38-30-96-56(62)66-38)72-92-40(54(85)86)28-90-34-12-14-36-32(26-34)10-16-42(64-36)68-44-18-24-76(74(44)6)22-8-20-60/h9-18,23-26,29-30,39-40,47-48H,7-8,19-22,27-28,59-60H2,1-6H3,(H8,61,62,65,66,69,70,79,80,83,84,85,86)/p+2/b71-45-,72-46-/t39-,40-,47+,48+/m0/s1. The van der Waals surface area contributed by atoms with Gasteiger partial charge >= 0.3 is 34.0 Å². The van der Waals surface area contributed by atoms with Crippen LogP contribution in [0.2, 0.25) is 0 Å². The number of benzene rings is 2. The van der Waals surface area contributed by atoms with Crippen molar-refractivity contribution in [3.05, 3.63) is 107 Å². The van der Waals surface area contributed by atoms with Gasteiger partial charge < -0.3 is 62.9 Å². The number of β-lactam (4-membered cyclic amide) rings is 2. The van der Waals surface area contributed by atoms with Crippen molar-refractivity contribution >= 4 is 135 Å². The second kappa shape index (κ2) is 28.7. The van der Waals surface area contributed by atoms with Gasteiger partial charge in [0.05, 0.1) is 35.2 Å². The molecule has 4 atom stereocenters. The number of hydrogen-bond acceptors (Lipinski definition) is 28. The number of hydroxylamine groups is 4. The lowest BCUT2D eigenvalue weighted by molar-refractivity contribution is -0.740. The smallest absolute Gasteiger partial charge is 0.442 e. The van der Waals surface area contributed by atoms with E-state index in [4.69, 9.17) is 50.7 Å². The van der Waals surface area contributed by atoms with Crippen LogP contribution in [0.15, 0.2) is 106 Å². The molecule has 2 fully saturated rings. The Hall–Kier alpha value is -10.7. The number of aromatic nitrogens is 8. The van der Waals surface area contributed by atoms with Crippen LogP contribution in [0.4, 0.5) is 33.5 Å². The number of nitrogen functional groups attached to an aromatic ring is 2. The molecule has 0 aliphatic carbocycles. The Bertz CT molecular complexity index is 4240. The number of carboxylic acid groups (broad SMARTS) is 2. The predicted octanol–water partition coefficient (Wildman–Crippen LogP) is 0.822. The van der Waals surface area contributed by atoms with E-state index in [1.807, 2.05) is 57.3 Å². The van der Waals surface area contributed by atoms with Gasteiger partial charge in [0.1, 0.15) is 62.3 Å². The SMILES string of the molecule is C[n+]1c(Nc2ccc3cc(OC[C@H](O/N=C(\C(=O)N[C@@H]4C(=O)N(OS(=O)(=O)ON5C(=O)[C@@H](NC(=O)/C(=N\O[C@@H](COc6ccc7nc(Nc8ccn(CCCN)[n+]8C)ccc7c6)C(=O)O)c6csc(N)n6)C5(C)C)C4(C)C)c4csc(N)n4)C(=O)O)ccc3n2)ccn1CCCN. The van der Waals surface area contributed by atoms with Crippen molar-refractivity contribution in [3.8, 4) is 11.5 Å². The molecular formula is C58H68N20O16S3+2. The summed E-state index contributed by atoms with van der Waals surface area (Å²) in [6.45, 7) is 6.61. The van der Waals surface area contributed by atoms with E-state index in [0.29, 0.717) is 56.7 Å². The molecule has 36 nitrogen and oxygen atoms in total. The number of nitrogens with zero attached hydrogens (tertiary/aromatic N) is 12. The molecule has 10 rings (SSSR count). The fraction of sp³-hybridized carbons (Fsp3) is 0.345. The number of thiazole rings is 2. The molecule has 6 aromatic heterocycles. The number of carboxylic acids is 2. The minimum atomic E-state index is -5.39. The maximum Gasteiger partial charge on any atom is 0.442 e. The van der Waals surface area contributed by atoms with E-state index in [-0.39, 0.29) is 33.1 Å². The average molecular weight is 1400 g/mol. The highest BCUT2D eigenvalue weighted by atomic mass is 32.3. The Kier molecular flexibility index (Phi) is 20.5. The van der Waals surface area contributed by atoms with Gasteiger partial charge in [-0.15, -0.1) is 31.2 Å². The van der Waals surface area contributed by atoms with E-state index in [1.165, 1.54) is 38.5 Å².